The summed E-state index contributed by atoms with van der Waals surface area (Å²) in [5.41, 5.74) is 2.72. The van der Waals surface area contributed by atoms with E-state index in [0.717, 1.165) is 35.8 Å². The maximum Gasteiger partial charge on any atom is 0.293 e. The van der Waals surface area contributed by atoms with Crippen LogP contribution in [-0.4, -0.2) is 73.3 Å². The zero-order chi connectivity index (χ0) is 36.3. The second kappa shape index (κ2) is 15.3. The number of carbonyl (C=O) groups excluding carboxylic acids is 1. The van der Waals surface area contributed by atoms with Crippen LogP contribution in [0.1, 0.15) is 27.2 Å². The van der Waals surface area contributed by atoms with Crippen molar-refractivity contribution in [2.75, 3.05) is 44.7 Å². The number of rotatable bonds is 12. The molecule has 0 bridgehead atoms. The summed E-state index contributed by atoms with van der Waals surface area (Å²) in [6, 6.07) is 19.3. The minimum Gasteiger partial charge on any atom is -0.457 e. The number of nitrogens with one attached hydrogen (secondary N) is 2. The van der Waals surface area contributed by atoms with Crippen LogP contribution in [0.3, 0.4) is 0 Å². The Morgan fingerprint density at radius 2 is 1.69 bits per heavy atom. The third-order valence-electron chi connectivity index (χ3n) is 8.38. The zero-order valence-corrected chi connectivity index (χ0v) is 30.0. The van der Waals surface area contributed by atoms with Crippen molar-refractivity contribution in [3.05, 3.63) is 115 Å². The van der Waals surface area contributed by atoms with Gasteiger partial charge in [0.25, 0.3) is 21.6 Å². The van der Waals surface area contributed by atoms with Gasteiger partial charge in [0.05, 0.1) is 35.1 Å². The number of hydrogen-bond donors (Lipinski definition) is 2. The zero-order valence-electron chi connectivity index (χ0n) is 27.7. The molecule has 0 spiro atoms. The Hall–Kier alpha value is -4.73. The summed E-state index contributed by atoms with van der Waals surface area (Å²) in [7, 11) is -4.54. The number of nitro groups is 1. The molecule has 4 aromatic carbocycles. The molecule has 0 radical (unpaired) electrons. The smallest absolute Gasteiger partial charge is 0.293 e. The Balaban J connectivity index is 1.18. The molecule has 1 amide bonds. The summed E-state index contributed by atoms with van der Waals surface area (Å²) in [6.07, 6.45) is 0. The van der Waals surface area contributed by atoms with Crippen molar-refractivity contribution in [3.8, 4) is 11.5 Å². The summed E-state index contributed by atoms with van der Waals surface area (Å²) in [5, 5.41) is 20.7. The highest BCUT2D eigenvalue weighted by atomic mass is 35.5. The van der Waals surface area contributed by atoms with Crippen LogP contribution in [0.4, 0.5) is 11.4 Å². The number of benzene rings is 4. The summed E-state index contributed by atoms with van der Waals surface area (Å²) in [6.45, 7) is 7.86. The van der Waals surface area contributed by atoms with Crippen LogP contribution in [0, 0.1) is 24.0 Å². The highest BCUT2D eigenvalue weighted by Gasteiger charge is 2.27. The molecule has 6 rings (SSSR count). The van der Waals surface area contributed by atoms with Crippen molar-refractivity contribution in [3.63, 3.8) is 0 Å². The van der Waals surface area contributed by atoms with Gasteiger partial charge in [0.1, 0.15) is 17.2 Å². The number of aryl methyl sites for hydroxylation is 2. The lowest BCUT2D eigenvalue weighted by atomic mass is 10.1. The van der Waals surface area contributed by atoms with E-state index in [1.165, 1.54) is 18.2 Å². The molecule has 16 heteroatoms. The molecular weight excluding hydrogens is 719 g/mol. The van der Waals surface area contributed by atoms with Crippen LogP contribution in [0.15, 0.2) is 77.7 Å². The molecule has 266 valence electrons. The summed E-state index contributed by atoms with van der Waals surface area (Å²) in [4.78, 5) is 26.4. The predicted molar refractivity (Wildman–Crippen MR) is 195 cm³/mol. The Bertz CT molecular complexity index is 2200. The lowest BCUT2D eigenvalue weighted by Gasteiger charge is -2.26. The minimum absolute atomic E-state index is 0.160. The number of nitrogens with zero attached hydrogens (tertiary/aromatic N) is 4. The van der Waals surface area contributed by atoms with Gasteiger partial charge in [-0.15, -0.1) is 0 Å². The topological polar surface area (TPSA) is 158 Å². The summed E-state index contributed by atoms with van der Waals surface area (Å²) < 4.78 is 41.7. The Kier molecular flexibility index (Phi) is 10.8. The first-order valence-corrected chi connectivity index (χ1v) is 18.2. The molecule has 1 aliphatic rings. The highest BCUT2D eigenvalue weighted by molar-refractivity contribution is 7.90. The van der Waals surface area contributed by atoms with E-state index >= 15 is 0 Å². The fourth-order valence-corrected chi connectivity index (χ4v) is 7.01. The minimum atomic E-state index is -4.54. The monoisotopic (exact) mass is 752 g/mol. The van der Waals surface area contributed by atoms with E-state index in [1.54, 1.807) is 16.8 Å². The first-order valence-electron chi connectivity index (χ1n) is 16.0. The number of halogens is 2. The maximum absolute atomic E-state index is 13.5. The highest BCUT2D eigenvalue weighted by Crippen LogP contribution is 2.31. The van der Waals surface area contributed by atoms with E-state index in [2.05, 4.69) is 15.3 Å². The number of fused-ring (bicyclic) bond motifs is 1. The van der Waals surface area contributed by atoms with E-state index in [1.807, 2.05) is 55.0 Å². The van der Waals surface area contributed by atoms with Gasteiger partial charge in [-0.2, -0.15) is 5.10 Å². The van der Waals surface area contributed by atoms with Crippen molar-refractivity contribution < 1.29 is 27.6 Å². The molecule has 1 saturated heterocycles. The van der Waals surface area contributed by atoms with Gasteiger partial charge in [-0.1, -0.05) is 35.3 Å². The number of aromatic nitrogens is 2. The average Bonchev–Trinajstić information content (AvgIpc) is 3.45. The van der Waals surface area contributed by atoms with Crippen molar-refractivity contribution >= 4 is 61.4 Å². The van der Waals surface area contributed by atoms with Crippen molar-refractivity contribution in [2.45, 2.75) is 25.3 Å². The third kappa shape index (κ3) is 8.43. The Morgan fingerprint density at radius 3 is 2.37 bits per heavy atom. The molecule has 0 unspecified atom stereocenters. The quantitative estimate of drug-likeness (QED) is 0.105. The number of ether oxygens (including phenoxy) is 2. The van der Waals surface area contributed by atoms with E-state index in [0.29, 0.717) is 58.8 Å². The molecule has 1 aromatic heterocycles. The number of hydrogen-bond acceptors (Lipinski definition) is 10. The van der Waals surface area contributed by atoms with Gasteiger partial charge in [-0.25, -0.2) is 13.1 Å². The van der Waals surface area contributed by atoms with E-state index in [4.69, 9.17) is 32.7 Å². The van der Waals surface area contributed by atoms with Crippen molar-refractivity contribution in [2.24, 2.45) is 0 Å². The number of morpholine rings is 1. The molecular formula is C35H34Cl2N6O7S. The molecule has 1 fully saturated rings. The first kappa shape index (κ1) is 36.1. The van der Waals surface area contributed by atoms with Crippen molar-refractivity contribution in [1.82, 2.24) is 19.4 Å². The number of anilines is 1. The van der Waals surface area contributed by atoms with Crippen LogP contribution >= 0.6 is 23.2 Å². The summed E-state index contributed by atoms with van der Waals surface area (Å²) >= 11 is 12.5. The standard InChI is InChI=1S/C35H34Cl2N6O7S/c1-22-17-27(18-23(2)33(22)37)50-26-6-3-24(4-7-26)21-42-31-10-5-25(36)19-29(31)34(39-42)35(44)40-51(47,48)28-8-9-30(32(20-28)43(45)46)38-11-12-41-13-15-49-16-14-41/h3-10,17-20,38H,11-16,21H2,1-2H3,(H,40,44). The number of amides is 1. The Morgan fingerprint density at radius 1 is 0.980 bits per heavy atom. The molecule has 13 nitrogen and oxygen atoms in total. The molecule has 51 heavy (non-hydrogen) atoms. The van der Waals surface area contributed by atoms with Crippen LogP contribution in [0.5, 0.6) is 11.5 Å². The molecule has 1 aliphatic heterocycles. The van der Waals surface area contributed by atoms with Gasteiger partial charge in [0, 0.05) is 47.7 Å². The molecule has 0 saturated carbocycles. The van der Waals surface area contributed by atoms with Crippen molar-refractivity contribution in [1.29, 1.82) is 0 Å². The second-order valence-electron chi connectivity index (χ2n) is 12.0. The number of nitro benzene ring substituents is 1. The maximum atomic E-state index is 13.5. The van der Waals surface area contributed by atoms with Crippen LogP contribution < -0.4 is 14.8 Å². The third-order valence-corrected chi connectivity index (χ3v) is 10.5. The lowest BCUT2D eigenvalue weighted by Crippen LogP contribution is -2.39. The summed E-state index contributed by atoms with van der Waals surface area (Å²) in [5.74, 6) is 0.248. The number of sulfonamides is 1. The van der Waals surface area contributed by atoms with E-state index in [9.17, 15) is 23.3 Å². The van der Waals surface area contributed by atoms with Gasteiger partial charge in [0.15, 0.2) is 5.69 Å². The Labute approximate surface area is 304 Å². The van der Waals surface area contributed by atoms with E-state index < -0.39 is 31.4 Å². The average molecular weight is 754 g/mol. The van der Waals surface area contributed by atoms with Crippen LogP contribution in [0.25, 0.3) is 10.9 Å². The predicted octanol–water partition coefficient (Wildman–Crippen LogP) is 6.57. The van der Waals surface area contributed by atoms with Gasteiger partial charge in [-0.05, 0) is 85.1 Å². The van der Waals surface area contributed by atoms with Gasteiger partial charge >= 0.3 is 0 Å². The lowest BCUT2D eigenvalue weighted by molar-refractivity contribution is -0.384. The largest absolute Gasteiger partial charge is 0.457 e. The molecule has 2 N–H and O–H groups in total. The van der Waals surface area contributed by atoms with E-state index in [-0.39, 0.29) is 17.9 Å². The van der Waals surface area contributed by atoms with Gasteiger partial charge in [0.2, 0.25) is 0 Å². The second-order valence-corrected chi connectivity index (χ2v) is 14.5. The molecule has 2 heterocycles. The molecule has 0 atom stereocenters. The van der Waals surface area contributed by atoms with Crippen LogP contribution in [0.2, 0.25) is 10.0 Å². The van der Waals surface area contributed by atoms with Gasteiger partial charge < -0.3 is 14.8 Å². The fraction of sp³-hybridized carbons (Fsp3) is 0.257. The fourth-order valence-electron chi connectivity index (χ4n) is 5.76. The first-order chi connectivity index (χ1) is 24.4. The van der Waals surface area contributed by atoms with Gasteiger partial charge in [-0.3, -0.25) is 24.5 Å². The normalized spacial score (nSPS) is 13.6. The number of carbonyl (C=O) groups is 1. The molecule has 5 aromatic rings. The van der Waals surface area contributed by atoms with Crippen LogP contribution in [-0.2, 0) is 21.3 Å². The molecule has 0 aliphatic carbocycles. The SMILES string of the molecule is Cc1cc(Oc2ccc(Cn3nc(C(=O)NS(=O)(=O)c4ccc(NCCN5CCOCC5)c([N+](=O)[O-])c4)c4cc(Cl)ccc43)cc2)cc(C)c1Cl.